The van der Waals surface area contributed by atoms with Crippen molar-refractivity contribution in [3.63, 3.8) is 0 Å². The van der Waals surface area contributed by atoms with Crippen molar-refractivity contribution in [1.29, 1.82) is 0 Å². The van der Waals surface area contributed by atoms with Crippen LogP contribution in [-0.4, -0.2) is 58.3 Å². The fourth-order valence-corrected chi connectivity index (χ4v) is 5.74. The fraction of sp³-hybridized carbons (Fsp3) is 0.520. The molecule has 8 heteroatoms. The van der Waals surface area contributed by atoms with Gasteiger partial charge < -0.3 is 13.9 Å². The Bertz CT molecular complexity index is 1050. The Balaban J connectivity index is 1.34. The lowest BCUT2D eigenvalue weighted by Crippen LogP contribution is -2.33. The molecule has 7 nitrogen and oxygen atoms in total. The van der Waals surface area contributed by atoms with Crippen LogP contribution in [0.2, 0.25) is 0 Å². The van der Waals surface area contributed by atoms with Crippen LogP contribution in [0.3, 0.4) is 0 Å². The summed E-state index contributed by atoms with van der Waals surface area (Å²) in [5, 5.41) is 10.3. The van der Waals surface area contributed by atoms with Crippen LogP contribution in [-0.2, 0) is 11.3 Å². The molecule has 2 aromatic heterocycles. The lowest BCUT2D eigenvalue weighted by molar-refractivity contribution is 0.129. The molecule has 0 radical (unpaired) electrons. The predicted octanol–water partition coefficient (Wildman–Crippen LogP) is 4.83. The standard InChI is InChI=1S/C25H32N4O3S/c1-18-8-9-22(32-18)16-28-12-10-19(11-13-28)24-26-27-25(33-17-23-7-4-14-31-23)29(24)20-5-3-6-21(15-20)30-2/h3,5-6,8-9,15,19,23H,4,7,10-14,16-17H2,1-2H3/t23-/m1/s1. The number of likely N-dealkylation sites (tertiary alicyclic amines) is 1. The van der Waals surface area contributed by atoms with Crippen LogP contribution in [0.4, 0.5) is 0 Å². The number of benzene rings is 1. The largest absolute Gasteiger partial charge is 0.497 e. The molecule has 0 saturated carbocycles. The third kappa shape index (κ3) is 5.28. The van der Waals surface area contributed by atoms with Crippen LogP contribution in [0.1, 0.15) is 48.9 Å². The van der Waals surface area contributed by atoms with Crippen molar-refractivity contribution >= 4 is 11.8 Å². The summed E-state index contributed by atoms with van der Waals surface area (Å²) in [6.45, 7) is 5.78. The summed E-state index contributed by atoms with van der Waals surface area (Å²) >= 11 is 1.74. The van der Waals surface area contributed by atoms with E-state index >= 15 is 0 Å². The number of hydrogen-bond acceptors (Lipinski definition) is 7. The van der Waals surface area contributed by atoms with Gasteiger partial charge >= 0.3 is 0 Å². The molecule has 33 heavy (non-hydrogen) atoms. The van der Waals surface area contributed by atoms with Crippen LogP contribution in [0.25, 0.3) is 5.69 Å². The Labute approximate surface area is 199 Å². The van der Waals surface area contributed by atoms with E-state index in [0.717, 1.165) is 91.6 Å². The number of nitrogens with zero attached hydrogens (tertiary/aromatic N) is 4. The molecule has 176 valence electrons. The lowest BCUT2D eigenvalue weighted by atomic mass is 9.95. The van der Waals surface area contributed by atoms with E-state index < -0.39 is 0 Å². The first-order chi connectivity index (χ1) is 16.2. The van der Waals surface area contributed by atoms with Gasteiger partial charge in [0.15, 0.2) is 5.16 Å². The van der Waals surface area contributed by atoms with Gasteiger partial charge in [0.05, 0.1) is 25.4 Å². The van der Waals surface area contributed by atoms with Gasteiger partial charge in [0.25, 0.3) is 0 Å². The molecule has 0 bridgehead atoms. The first kappa shape index (κ1) is 22.5. The third-order valence-electron chi connectivity index (χ3n) is 6.52. The lowest BCUT2D eigenvalue weighted by Gasteiger charge is -2.31. The highest BCUT2D eigenvalue weighted by Gasteiger charge is 2.28. The van der Waals surface area contributed by atoms with Crippen LogP contribution in [0.15, 0.2) is 46.0 Å². The number of aromatic nitrogens is 3. The summed E-state index contributed by atoms with van der Waals surface area (Å²) in [5.74, 6) is 5.17. The summed E-state index contributed by atoms with van der Waals surface area (Å²) in [7, 11) is 1.70. The molecule has 4 heterocycles. The molecule has 0 amide bonds. The molecule has 0 unspecified atom stereocenters. The molecule has 3 aromatic rings. The molecule has 1 aromatic carbocycles. The number of methoxy groups -OCH3 is 1. The predicted molar refractivity (Wildman–Crippen MR) is 128 cm³/mol. The smallest absolute Gasteiger partial charge is 0.195 e. The van der Waals surface area contributed by atoms with Crippen LogP contribution in [0, 0.1) is 6.92 Å². The van der Waals surface area contributed by atoms with Crippen LogP contribution >= 0.6 is 11.8 Å². The first-order valence-electron chi connectivity index (χ1n) is 11.8. The van der Waals surface area contributed by atoms with E-state index in [9.17, 15) is 0 Å². The molecular weight excluding hydrogens is 436 g/mol. The summed E-state index contributed by atoms with van der Waals surface area (Å²) in [5.41, 5.74) is 1.05. The Morgan fingerprint density at radius 3 is 2.73 bits per heavy atom. The number of ether oxygens (including phenoxy) is 2. The first-order valence-corrected chi connectivity index (χ1v) is 12.8. The van der Waals surface area contributed by atoms with Gasteiger partial charge in [0, 0.05) is 24.3 Å². The van der Waals surface area contributed by atoms with E-state index in [2.05, 4.69) is 32.8 Å². The third-order valence-corrected chi connectivity index (χ3v) is 7.58. The topological polar surface area (TPSA) is 65.6 Å². The van der Waals surface area contributed by atoms with Crippen molar-refractivity contribution < 1.29 is 13.9 Å². The maximum atomic E-state index is 5.83. The number of furan rings is 1. The Morgan fingerprint density at radius 1 is 1.12 bits per heavy atom. The highest BCUT2D eigenvalue weighted by molar-refractivity contribution is 7.99. The molecule has 5 rings (SSSR count). The minimum Gasteiger partial charge on any atom is -0.497 e. The molecule has 2 fully saturated rings. The van der Waals surface area contributed by atoms with Crippen molar-refractivity contribution in [3.8, 4) is 11.4 Å². The second-order valence-electron chi connectivity index (χ2n) is 8.89. The number of aryl methyl sites for hydroxylation is 1. The van der Waals surface area contributed by atoms with Crippen molar-refractivity contribution in [2.24, 2.45) is 0 Å². The second kappa shape index (κ2) is 10.3. The zero-order valence-corrected chi connectivity index (χ0v) is 20.2. The monoisotopic (exact) mass is 468 g/mol. The van der Waals surface area contributed by atoms with Gasteiger partial charge in [-0.1, -0.05) is 17.8 Å². The maximum Gasteiger partial charge on any atom is 0.195 e. The van der Waals surface area contributed by atoms with Crippen molar-refractivity contribution in [3.05, 3.63) is 53.7 Å². The van der Waals surface area contributed by atoms with E-state index in [1.54, 1.807) is 18.9 Å². The van der Waals surface area contributed by atoms with Crippen LogP contribution in [0.5, 0.6) is 5.75 Å². The molecule has 0 N–H and O–H groups in total. The molecule has 1 atom stereocenters. The quantitative estimate of drug-likeness (QED) is 0.439. The Kier molecular flexibility index (Phi) is 7.04. The zero-order valence-electron chi connectivity index (χ0n) is 19.4. The molecule has 2 aliphatic heterocycles. The number of hydrogen-bond donors (Lipinski definition) is 0. The van der Waals surface area contributed by atoms with E-state index in [4.69, 9.17) is 19.0 Å². The second-order valence-corrected chi connectivity index (χ2v) is 9.87. The highest BCUT2D eigenvalue weighted by Crippen LogP contribution is 2.34. The minimum atomic E-state index is 0.308. The summed E-state index contributed by atoms with van der Waals surface area (Å²) < 4.78 is 19.3. The number of thioether (sulfide) groups is 1. The number of piperidine rings is 1. The Morgan fingerprint density at radius 2 is 2.00 bits per heavy atom. The van der Waals surface area contributed by atoms with Gasteiger partial charge in [-0.05, 0) is 70.0 Å². The highest BCUT2D eigenvalue weighted by atomic mass is 32.2. The van der Waals surface area contributed by atoms with E-state index in [1.165, 1.54) is 0 Å². The normalized spacial score (nSPS) is 19.9. The van der Waals surface area contributed by atoms with Gasteiger partial charge in [-0.3, -0.25) is 9.47 Å². The van der Waals surface area contributed by atoms with E-state index in [-0.39, 0.29) is 0 Å². The van der Waals surface area contributed by atoms with Gasteiger partial charge in [-0.15, -0.1) is 10.2 Å². The summed E-state index contributed by atoms with van der Waals surface area (Å²) in [6.07, 6.45) is 4.69. The van der Waals surface area contributed by atoms with Gasteiger partial charge in [-0.2, -0.15) is 0 Å². The molecule has 0 aliphatic carbocycles. The molecule has 0 spiro atoms. The molecule has 2 aliphatic rings. The van der Waals surface area contributed by atoms with Gasteiger partial charge in [0.2, 0.25) is 0 Å². The summed E-state index contributed by atoms with van der Waals surface area (Å²) in [4.78, 5) is 2.47. The van der Waals surface area contributed by atoms with Gasteiger partial charge in [-0.25, -0.2) is 0 Å². The zero-order chi connectivity index (χ0) is 22.6. The maximum absolute atomic E-state index is 5.83. The average Bonchev–Trinajstić information content (AvgIpc) is 3.60. The number of rotatable bonds is 8. The van der Waals surface area contributed by atoms with Crippen LogP contribution < -0.4 is 4.74 Å². The molecule has 2 saturated heterocycles. The summed E-state index contributed by atoms with van der Waals surface area (Å²) in [6, 6.07) is 12.3. The van der Waals surface area contributed by atoms with Crippen molar-refractivity contribution in [2.75, 3.05) is 32.6 Å². The van der Waals surface area contributed by atoms with E-state index in [0.29, 0.717) is 12.0 Å². The average molecular weight is 469 g/mol. The van der Waals surface area contributed by atoms with Crippen molar-refractivity contribution in [2.45, 2.75) is 56.3 Å². The Hall–Kier alpha value is -2.29. The SMILES string of the molecule is COc1cccc(-n2c(SC[C@H]3CCCO3)nnc2C2CCN(Cc3ccc(C)o3)CC2)c1. The van der Waals surface area contributed by atoms with Gasteiger partial charge in [0.1, 0.15) is 23.1 Å². The molecular formula is C25H32N4O3S. The fourth-order valence-electron chi connectivity index (χ4n) is 4.71. The van der Waals surface area contributed by atoms with Crippen molar-refractivity contribution in [1.82, 2.24) is 19.7 Å². The minimum absolute atomic E-state index is 0.308. The van der Waals surface area contributed by atoms with E-state index in [1.807, 2.05) is 25.1 Å².